The van der Waals surface area contributed by atoms with E-state index in [1.165, 1.54) is 5.56 Å². The zero-order valence-corrected chi connectivity index (χ0v) is 15.7. The molecule has 0 amide bonds. The van der Waals surface area contributed by atoms with Gasteiger partial charge in [-0.2, -0.15) is 0 Å². The molecule has 0 aliphatic carbocycles. The van der Waals surface area contributed by atoms with E-state index >= 15 is 0 Å². The predicted octanol–water partition coefficient (Wildman–Crippen LogP) is 2.78. The fraction of sp³-hybridized carbons (Fsp3) is 0.375. The second-order valence-corrected chi connectivity index (χ2v) is 4.79. The smallest absolute Gasteiger partial charge is 0.191 e. The third-order valence-corrected chi connectivity index (χ3v) is 3.11. The van der Waals surface area contributed by atoms with Crippen molar-refractivity contribution in [3.05, 3.63) is 42.2 Å². The van der Waals surface area contributed by atoms with Crippen molar-refractivity contribution in [2.24, 2.45) is 12.0 Å². The molecule has 0 spiro atoms. The van der Waals surface area contributed by atoms with E-state index in [4.69, 9.17) is 0 Å². The van der Waals surface area contributed by atoms with Crippen LogP contribution in [0.15, 0.2) is 41.7 Å². The first-order valence-electron chi connectivity index (χ1n) is 7.33. The minimum absolute atomic E-state index is 0. The van der Waals surface area contributed by atoms with Gasteiger partial charge >= 0.3 is 0 Å². The van der Waals surface area contributed by atoms with Gasteiger partial charge in [0.05, 0.1) is 6.54 Å². The minimum atomic E-state index is 0. The van der Waals surface area contributed by atoms with Crippen LogP contribution in [0, 0.1) is 0 Å². The summed E-state index contributed by atoms with van der Waals surface area (Å²) in [6.07, 6.45) is 3.77. The molecule has 0 bridgehead atoms. The highest BCUT2D eigenvalue weighted by Crippen LogP contribution is 2.18. The number of aromatic nitrogens is 2. The molecule has 2 N–H and O–H groups in total. The molecule has 1 aromatic carbocycles. The molecule has 2 aromatic rings. The lowest BCUT2D eigenvalue weighted by molar-refractivity contribution is 0.839. The predicted molar refractivity (Wildman–Crippen MR) is 103 cm³/mol. The van der Waals surface area contributed by atoms with Crippen molar-refractivity contribution < 1.29 is 0 Å². The Balaban J connectivity index is 0.00000242. The fourth-order valence-electron chi connectivity index (χ4n) is 2.13. The Morgan fingerprint density at radius 1 is 1.23 bits per heavy atom. The fourth-order valence-corrected chi connectivity index (χ4v) is 2.13. The van der Waals surface area contributed by atoms with Gasteiger partial charge in [0.25, 0.3) is 0 Å². The summed E-state index contributed by atoms with van der Waals surface area (Å²) in [5.41, 5.74) is 2.28. The second-order valence-electron chi connectivity index (χ2n) is 4.79. The molecule has 2 rings (SSSR count). The quantitative estimate of drug-likeness (QED) is 0.451. The van der Waals surface area contributed by atoms with Gasteiger partial charge < -0.3 is 15.2 Å². The summed E-state index contributed by atoms with van der Waals surface area (Å²) in [6.45, 7) is 6.50. The van der Waals surface area contributed by atoms with Crippen LogP contribution in [0.5, 0.6) is 0 Å². The van der Waals surface area contributed by atoms with E-state index in [1.807, 2.05) is 24.0 Å². The molecule has 0 atom stereocenters. The minimum Gasteiger partial charge on any atom is -0.357 e. The highest BCUT2D eigenvalue weighted by atomic mass is 127. The number of hydrogen-bond acceptors (Lipinski definition) is 2. The van der Waals surface area contributed by atoms with E-state index in [1.54, 1.807) is 0 Å². The zero-order valence-electron chi connectivity index (χ0n) is 13.3. The van der Waals surface area contributed by atoms with Crippen LogP contribution in [-0.2, 0) is 13.6 Å². The first-order valence-corrected chi connectivity index (χ1v) is 7.33. The first kappa shape index (κ1) is 18.5. The van der Waals surface area contributed by atoms with Crippen molar-refractivity contribution in [2.75, 3.05) is 13.1 Å². The van der Waals surface area contributed by atoms with Crippen LogP contribution in [0.25, 0.3) is 11.4 Å². The van der Waals surface area contributed by atoms with Gasteiger partial charge in [-0.3, -0.25) is 0 Å². The third-order valence-electron chi connectivity index (χ3n) is 3.11. The van der Waals surface area contributed by atoms with E-state index in [2.05, 4.69) is 58.7 Å². The summed E-state index contributed by atoms with van der Waals surface area (Å²) in [5, 5.41) is 6.45. The van der Waals surface area contributed by atoms with E-state index in [0.717, 1.165) is 30.4 Å². The number of rotatable bonds is 5. The number of hydrogen-bond donors (Lipinski definition) is 2. The van der Waals surface area contributed by atoms with E-state index < -0.39 is 0 Å². The molecule has 0 saturated heterocycles. The van der Waals surface area contributed by atoms with Crippen molar-refractivity contribution in [1.82, 2.24) is 20.2 Å². The molecule has 120 valence electrons. The van der Waals surface area contributed by atoms with Crippen LogP contribution in [-0.4, -0.2) is 28.6 Å². The van der Waals surface area contributed by atoms with Crippen LogP contribution >= 0.6 is 24.0 Å². The number of benzene rings is 1. The molecule has 0 aliphatic heterocycles. The lowest BCUT2D eigenvalue weighted by Gasteiger charge is -2.09. The molecular formula is C16H24IN5. The Morgan fingerprint density at radius 2 is 1.95 bits per heavy atom. The van der Waals surface area contributed by atoms with E-state index in [-0.39, 0.29) is 24.0 Å². The molecule has 0 saturated carbocycles. The van der Waals surface area contributed by atoms with Gasteiger partial charge in [0, 0.05) is 38.1 Å². The Bertz CT molecular complexity index is 598. The molecule has 1 heterocycles. The van der Waals surface area contributed by atoms with Crippen LogP contribution in [0.3, 0.4) is 0 Å². The Kier molecular flexibility index (Phi) is 7.94. The third kappa shape index (κ3) is 5.01. The standard InChI is InChI=1S/C16H23N5.HI/c1-4-17-16(18-5-2)20-12-13-7-6-8-14(11-13)15-19-9-10-21(15)3;/h6-11H,4-5,12H2,1-3H3,(H2,17,18,20);1H. The van der Waals surface area contributed by atoms with Gasteiger partial charge in [-0.25, -0.2) is 9.98 Å². The topological polar surface area (TPSA) is 54.2 Å². The molecule has 6 heteroatoms. The summed E-state index contributed by atoms with van der Waals surface area (Å²) >= 11 is 0. The SMILES string of the molecule is CCNC(=NCc1cccc(-c2nccn2C)c1)NCC.I. The Morgan fingerprint density at radius 3 is 2.55 bits per heavy atom. The van der Waals surface area contributed by atoms with Crippen molar-refractivity contribution >= 4 is 29.9 Å². The number of halogens is 1. The highest BCUT2D eigenvalue weighted by molar-refractivity contribution is 14.0. The van der Waals surface area contributed by atoms with E-state index in [9.17, 15) is 0 Å². The van der Waals surface area contributed by atoms with Crippen LogP contribution in [0.2, 0.25) is 0 Å². The lowest BCUT2D eigenvalue weighted by Crippen LogP contribution is -2.36. The molecule has 0 radical (unpaired) electrons. The van der Waals surface area contributed by atoms with Crippen molar-refractivity contribution in [1.29, 1.82) is 0 Å². The maximum atomic E-state index is 4.59. The first-order chi connectivity index (χ1) is 10.2. The summed E-state index contributed by atoms with van der Waals surface area (Å²) < 4.78 is 2.02. The summed E-state index contributed by atoms with van der Waals surface area (Å²) in [5.74, 6) is 1.82. The van der Waals surface area contributed by atoms with Crippen LogP contribution in [0.1, 0.15) is 19.4 Å². The molecule has 0 aliphatic rings. The monoisotopic (exact) mass is 413 g/mol. The summed E-state index contributed by atoms with van der Waals surface area (Å²) in [4.78, 5) is 8.97. The molecule has 5 nitrogen and oxygen atoms in total. The van der Waals surface area contributed by atoms with Crippen molar-refractivity contribution in [3.8, 4) is 11.4 Å². The van der Waals surface area contributed by atoms with Gasteiger partial charge in [-0.1, -0.05) is 18.2 Å². The number of nitrogens with one attached hydrogen (secondary N) is 2. The van der Waals surface area contributed by atoms with Crippen molar-refractivity contribution in [3.63, 3.8) is 0 Å². The summed E-state index contributed by atoms with van der Waals surface area (Å²) in [6, 6.07) is 8.35. The largest absolute Gasteiger partial charge is 0.357 e. The van der Waals surface area contributed by atoms with Gasteiger partial charge in [0.1, 0.15) is 5.82 Å². The molecule has 1 aromatic heterocycles. The zero-order chi connectivity index (χ0) is 15.1. The van der Waals surface area contributed by atoms with Gasteiger partial charge in [-0.15, -0.1) is 24.0 Å². The van der Waals surface area contributed by atoms with Crippen LogP contribution in [0.4, 0.5) is 0 Å². The number of nitrogens with zero attached hydrogens (tertiary/aromatic N) is 3. The van der Waals surface area contributed by atoms with Gasteiger partial charge in [0.15, 0.2) is 5.96 Å². The Hall–Kier alpha value is -1.57. The average molecular weight is 413 g/mol. The van der Waals surface area contributed by atoms with Gasteiger partial charge in [-0.05, 0) is 25.5 Å². The summed E-state index contributed by atoms with van der Waals surface area (Å²) in [7, 11) is 2.00. The number of guanidine groups is 1. The number of aliphatic imine (C=N–C) groups is 1. The average Bonchev–Trinajstić information content (AvgIpc) is 2.92. The Labute approximate surface area is 149 Å². The maximum absolute atomic E-state index is 4.59. The lowest BCUT2D eigenvalue weighted by atomic mass is 10.1. The normalized spacial score (nSPS) is 9.77. The number of aryl methyl sites for hydroxylation is 1. The van der Waals surface area contributed by atoms with Crippen molar-refractivity contribution in [2.45, 2.75) is 20.4 Å². The molecular weight excluding hydrogens is 389 g/mol. The highest BCUT2D eigenvalue weighted by Gasteiger charge is 2.04. The maximum Gasteiger partial charge on any atom is 0.191 e. The van der Waals surface area contributed by atoms with Crippen LogP contribution < -0.4 is 10.6 Å². The van der Waals surface area contributed by atoms with Gasteiger partial charge in [0.2, 0.25) is 0 Å². The molecule has 0 fully saturated rings. The van der Waals surface area contributed by atoms with E-state index in [0.29, 0.717) is 6.54 Å². The molecule has 22 heavy (non-hydrogen) atoms. The molecule has 0 unspecified atom stereocenters. The second kappa shape index (κ2) is 9.45. The number of imidazole rings is 1.